The van der Waals surface area contributed by atoms with Gasteiger partial charge in [-0.2, -0.15) is 0 Å². The van der Waals surface area contributed by atoms with Crippen LogP contribution in [0.3, 0.4) is 0 Å². The quantitative estimate of drug-likeness (QED) is 0.336. The van der Waals surface area contributed by atoms with E-state index in [1.54, 1.807) is 18.1 Å². The van der Waals surface area contributed by atoms with E-state index in [2.05, 4.69) is 85.5 Å². The van der Waals surface area contributed by atoms with E-state index in [9.17, 15) is 4.79 Å². The minimum absolute atomic E-state index is 0.202. The number of amides is 1. The molecule has 7 nitrogen and oxygen atoms in total. The molecule has 168 valence electrons. The van der Waals surface area contributed by atoms with Gasteiger partial charge in [-0.15, -0.1) is 11.8 Å². The van der Waals surface area contributed by atoms with Gasteiger partial charge in [0.1, 0.15) is 16.9 Å². The van der Waals surface area contributed by atoms with Crippen molar-refractivity contribution in [3.8, 4) is 0 Å². The van der Waals surface area contributed by atoms with E-state index in [4.69, 9.17) is 0 Å². The second kappa shape index (κ2) is 10.1. The van der Waals surface area contributed by atoms with Gasteiger partial charge in [-0.1, -0.05) is 60.7 Å². The molecule has 0 unspecified atom stereocenters. The molecule has 1 fully saturated rings. The van der Waals surface area contributed by atoms with E-state index in [1.165, 1.54) is 17.5 Å². The molecular formula is C25H26N6OS. The minimum atomic E-state index is 0.202. The predicted molar refractivity (Wildman–Crippen MR) is 130 cm³/mol. The summed E-state index contributed by atoms with van der Waals surface area (Å²) in [6.45, 7) is 3.21. The first-order valence-electron chi connectivity index (χ1n) is 11.2. The van der Waals surface area contributed by atoms with E-state index in [-0.39, 0.29) is 11.9 Å². The number of nitrogens with one attached hydrogen (secondary N) is 1. The third kappa shape index (κ3) is 4.91. The van der Waals surface area contributed by atoms with Gasteiger partial charge in [0.05, 0.1) is 12.4 Å². The number of hydrogen-bond donors (Lipinski definition) is 1. The summed E-state index contributed by atoms with van der Waals surface area (Å²) < 4.78 is 0. The Bertz CT molecular complexity index is 1150. The first-order valence-corrected chi connectivity index (χ1v) is 12.2. The van der Waals surface area contributed by atoms with Crippen molar-refractivity contribution in [1.29, 1.82) is 0 Å². The Morgan fingerprint density at radius 1 is 0.909 bits per heavy atom. The molecule has 1 saturated heterocycles. The van der Waals surface area contributed by atoms with E-state index >= 15 is 0 Å². The molecule has 3 heterocycles. The number of carbonyl (C=O) groups excluding carboxylic acids is 1. The Hall–Kier alpha value is -3.23. The molecule has 0 saturated carbocycles. The molecule has 0 aliphatic carbocycles. The smallest absolute Gasteiger partial charge is 0.223 e. The highest BCUT2D eigenvalue weighted by Crippen LogP contribution is 2.29. The van der Waals surface area contributed by atoms with Crippen LogP contribution in [0, 0.1) is 0 Å². The Morgan fingerprint density at radius 2 is 1.58 bits per heavy atom. The maximum absolute atomic E-state index is 12.9. The van der Waals surface area contributed by atoms with Crippen LogP contribution in [0.4, 0.5) is 0 Å². The van der Waals surface area contributed by atoms with Crippen molar-refractivity contribution in [1.82, 2.24) is 29.7 Å². The molecule has 0 radical (unpaired) electrons. The van der Waals surface area contributed by atoms with Gasteiger partial charge in [-0.05, 0) is 11.1 Å². The molecule has 0 spiro atoms. The van der Waals surface area contributed by atoms with Crippen LogP contribution < -0.4 is 0 Å². The van der Waals surface area contributed by atoms with Crippen LogP contribution in [0.5, 0.6) is 0 Å². The molecule has 0 atom stereocenters. The van der Waals surface area contributed by atoms with Crippen LogP contribution in [-0.4, -0.2) is 67.6 Å². The maximum atomic E-state index is 12.9. The number of nitrogens with zero attached hydrogens (tertiary/aromatic N) is 5. The number of imidazole rings is 1. The molecule has 1 aliphatic rings. The lowest BCUT2D eigenvalue weighted by molar-refractivity contribution is -0.132. The number of benzene rings is 2. The minimum Gasteiger partial charge on any atom is -0.341 e. The first kappa shape index (κ1) is 21.6. The van der Waals surface area contributed by atoms with Gasteiger partial charge >= 0.3 is 0 Å². The van der Waals surface area contributed by atoms with Gasteiger partial charge in [0, 0.05) is 38.4 Å². The molecule has 2 aromatic carbocycles. The fraction of sp³-hybridized carbons (Fsp3) is 0.280. The normalized spacial score (nSPS) is 14.8. The van der Waals surface area contributed by atoms with Crippen LogP contribution >= 0.6 is 11.8 Å². The second-order valence-corrected chi connectivity index (χ2v) is 9.10. The molecule has 33 heavy (non-hydrogen) atoms. The van der Waals surface area contributed by atoms with E-state index in [1.807, 2.05) is 4.90 Å². The number of aromatic amines is 1. The number of fused-ring (bicyclic) bond motifs is 1. The molecule has 4 aromatic rings. The number of H-pyrrole nitrogens is 1. The summed E-state index contributed by atoms with van der Waals surface area (Å²) in [4.78, 5) is 33.0. The van der Waals surface area contributed by atoms with Gasteiger partial charge in [0.25, 0.3) is 0 Å². The third-order valence-electron chi connectivity index (χ3n) is 6.01. The Kier molecular flexibility index (Phi) is 6.64. The highest BCUT2D eigenvalue weighted by molar-refractivity contribution is 7.99. The molecule has 8 heteroatoms. The van der Waals surface area contributed by atoms with E-state index in [0.29, 0.717) is 17.8 Å². The zero-order chi connectivity index (χ0) is 22.5. The number of carbonyl (C=O) groups is 1. The summed E-state index contributed by atoms with van der Waals surface area (Å²) in [6.07, 6.45) is 3.62. The Labute approximate surface area is 197 Å². The lowest BCUT2D eigenvalue weighted by Gasteiger charge is -2.39. The third-order valence-corrected chi connectivity index (χ3v) is 7.00. The van der Waals surface area contributed by atoms with Crippen LogP contribution in [0.25, 0.3) is 11.2 Å². The van der Waals surface area contributed by atoms with Crippen molar-refractivity contribution < 1.29 is 4.79 Å². The largest absolute Gasteiger partial charge is 0.341 e. The molecule has 5 rings (SSSR count). The predicted octanol–water partition coefficient (Wildman–Crippen LogP) is 3.77. The van der Waals surface area contributed by atoms with Gasteiger partial charge in [-0.25, -0.2) is 15.0 Å². The molecule has 2 aromatic heterocycles. The molecule has 1 aliphatic heterocycles. The lowest BCUT2D eigenvalue weighted by Crippen LogP contribution is -2.49. The summed E-state index contributed by atoms with van der Waals surface area (Å²) in [6, 6.07) is 21.5. The van der Waals surface area contributed by atoms with Crippen molar-refractivity contribution >= 4 is 28.8 Å². The van der Waals surface area contributed by atoms with Crippen LogP contribution in [0.15, 0.2) is 78.3 Å². The Morgan fingerprint density at radius 3 is 2.24 bits per heavy atom. The SMILES string of the molecule is O=C(CCSc1ncnc2nc[nH]c12)N1CCN(C(c2ccccc2)c2ccccc2)CC1. The zero-order valence-electron chi connectivity index (χ0n) is 18.3. The average molecular weight is 459 g/mol. The van der Waals surface area contributed by atoms with E-state index < -0.39 is 0 Å². The topological polar surface area (TPSA) is 78.0 Å². The first-order chi connectivity index (χ1) is 16.3. The van der Waals surface area contributed by atoms with Crippen LogP contribution in [-0.2, 0) is 4.79 Å². The van der Waals surface area contributed by atoms with Crippen molar-refractivity contribution in [2.24, 2.45) is 0 Å². The summed E-state index contributed by atoms with van der Waals surface area (Å²) >= 11 is 1.57. The van der Waals surface area contributed by atoms with Gasteiger partial charge in [-0.3, -0.25) is 9.69 Å². The van der Waals surface area contributed by atoms with Crippen LogP contribution in [0.1, 0.15) is 23.6 Å². The summed E-state index contributed by atoms with van der Waals surface area (Å²) in [5, 5.41) is 0.837. The summed E-state index contributed by atoms with van der Waals surface area (Å²) in [5.41, 5.74) is 4.06. The molecular weight excluding hydrogens is 432 g/mol. The van der Waals surface area contributed by atoms with Crippen molar-refractivity contribution in [3.05, 3.63) is 84.4 Å². The zero-order valence-corrected chi connectivity index (χ0v) is 19.1. The number of thioether (sulfide) groups is 1. The number of hydrogen-bond acceptors (Lipinski definition) is 6. The summed E-state index contributed by atoms with van der Waals surface area (Å²) in [5.74, 6) is 0.883. The van der Waals surface area contributed by atoms with Crippen LogP contribution in [0.2, 0.25) is 0 Å². The van der Waals surface area contributed by atoms with Gasteiger partial charge in [0.15, 0.2) is 5.65 Å². The lowest BCUT2D eigenvalue weighted by atomic mass is 9.96. The number of aromatic nitrogens is 4. The monoisotopic (exact) mass is 458 g/mol. The maximum Gasteiger partial charge on any atom is 0.223 e. The highest BCUT2D eigenvalue weighted by atomic mass is 32.2. The van der Waals surface area contributed by atoms with Crippen molar-refractivity contribution in [2.45, 2.75) is 17.5 Å². The molecule has 0 bridgehead atoms. The standard InChI is InChI=1S/C25H26N6OS/c32-21(11-16-33-25-22-24(27-17-26-22)28-18-29-25)30-12-14-31(15-13-30)23(19-7-3-1-4-8-19)20-9-5-2-6-10-20/h1-10,17-18,23H,11-16H2,(H,26,27,28,29). The van der Waals surface area contributed by atoms with Gasteiger partial charge in [0.2, 0.25) is 5.91 Å². The fourth-order valence-electron chi connectivity index (χ4n) is 4.36. The highest BCUT2D eigenvalue weighted by Gasteiger charge is 2.28. The second-order valence-electron chi connectivity index (χ2n) is 8.02. The average Bonchev–Trinajstić information content (AvgIpc) is 3.36. The van der Waals surface area contributed by atoms with Crippen molar-refractivity contribution in [2.75, 3.05) is 31.9 Å². The number of rotatable bonds is 7. The van der Waals surface area contributed by atoms with Gasteiger partial charge < -0.3 is 9.88 Å². The van der Waals surface area contributed by atoms with Crippen molar-refractivity contribution in [3.63, 3.8) is 0 Å². The number of piperazine rings is 1. The molecule has 1 amide bonds. The molecule has 1 N–H and O–H groups in total. The Balaban J connectivity index is 1.18. The van der Waals surface area contributed by atoms with E-state index in [0.717, 1.165) is 36.7 Å². The fourth-order valence-corrected chi connectivity index (χ4v) is 5.25. The summed E-state index contributed by atoms with van der Waals surface area (Å²) in [7, 11) is 0.